The lowest BCUT2D eigenvalue weighted by Gasteiger charge is -2.14. The molecule has 1 heterocycles. The van der Waals surface area contributed by atoms with Gasteiger partial charge in [-0.1, -0.05) is 18.2 Å². The fourth-order valence-electron chi connectivity index (χ4n) is 1.72. The molecule has 1 atom stereocenters. The number of nitrogens with zero attached hydrogens (tertiary/aromatic N) is 1. The second kappa shape index (κ2) is 7.25. The van der Waals surface area contributed by atoms with E-state index in [2.05, 4.69) is 10.3 Å². The number of para-hydroxylation sites is 1. The number of rotatable bonds is 7. The van der Waals surface area contributed by atoms with Crippen LogP contribution in [0.5, 0.6) is 5.75 Å². The minimum absolute atomic E-state index is 0.111. The first-order valence-corrected chi connectivity index (χ1v) is 6.44. The highest BCUT2D eigenvalue weighted by Gasteiger charge is 2.11. The first-order valence-electron chi connectivity index (χ1n) is 6.44. The van der Waals surface area contributed by atoms with Crippen LogP contribution in [0, 0.1) is 0 Å². The lowest BCUT2D eigenvalue weighted by Crippen LogP contribution is -2.27. The fourth-order valence-corrected chi connectivity index (χ4v) is 1.72. The highest BCUT2D eigenvalue weighted by atomic mass is 16.5. The van der Waals surface area contributed by atoms with Crippen LogP contribution in [-0.2, 0) is 0 Å². The summed E-state index contributed by atoms with van der Waals surface area (Å²) in [6.45, 7) is 0.276. The van der Waals surface area contributed by atoms with Crippen molar-refractivity contribution >= 4 is 11.7 Å². The third-order valence-electron chi connectivity index (χ3n) is 2.77. The highest BCUT2D eigenvalue weighted by molar-refractivity contribution is 5.93. The summed E-state index contributed by atoms with van der Waals surface area (Å²) in [6.07, 6.45) is 2.05. The molecule has 0 amide bonds. The minimum atomic E-state index is -1.05. The predicted molar refractivity (Wildman–Crippen MR) is 77.6 cm³/mol. The summed E-state index contributed by atoms with van der Waals surface area (Å²) >= 11 is 0. The van der Waals surface area contributed by atoms with Crippen molar-refractivity contribution in [3.05, 3.63) is 54.4 Å². The maximum Gasteiger partial charge on any atom is 0.337 e. The second-order valence-corrected chi connectivity index (χ2v) is 4.39. The predicted octanol–water partition coefficient (Wildman–Crippen LogP) is 1.63. The smallest absolute Gasteiger partial charge is 0.337 e. The zero-order valence-electron chi connectivity index (χ0n) is 11.3. The van der Waals surface area contributed by atoms with E-state index >= 15 is 0 Å². The van der Waals surface area contributed by atoms with E-state index in [1.807, 2.05) is 18.2 Å². The Bertz CT molecular complexity index is 589. The summed E-state index contributed by atoms with van der Waals surface area (Å²) in [5.41, 5.74) is 0.477. The lowest BCUT2D eigenvalue weighted by atomic mass is 10.2. The van der Waals surface area contributed by atoms with Crippen LogP contribution in [0.15, 0.2) is 48.8 Å². The van der Waals surface area contributed by atoms with Crippen molar-refractivity contribution in [2.24, 2.45) is 0 Å². The summed E-state index contributed by atoms with van der Waals surface area (Å²) in [5.74, 6) is -0.376. The van der Waals surface area contributed by atoms with Gasteiger partial charge in [0.2, 0.25) is 0 Å². The molecule has 0 saturated carbocycles. The molecule has 1 aromatic carbocycles. The summed E-state index contributed by atoms with van der Waals surface area (Å²) in [6, 6.07) is 10.6. The van der Waals surface area contributed by atoms with Crippen molar-refractivity contribution in [1.29, 1.82) is 0 Å². The minimum Gasteiger partial charge on any atom is -0.491 e. The Kier molecular flexibility index (Phi) is 5.11. The van der Waals surface area contributed by atoms with Crippen molar-refractivity contribution in [3.63, 3.8) is 0 Å². The molecule has 3 N–H and O–H groups in total. The molecule has 0 bridgehead atoms. The number of ether oxygens (including phenoxy) is 1. The number of aliphatic hydroxyl groups is 1. The maximum absolute atomic E-state index is 11.0. The van der Waals surface area contributed by atoms with Crippen molar-refractivity contribution in [2.75, 3.05) is 18.5 Å². The SMILES string of the molecule is O=C(O)c1ccncc1NCC(O)COc1ccccc1. The lowest BCUT2D eigenvalue weighted by molar-refractivity contribution is 0.0697. The van der Waals surface area contributed by atoms with Crippen molar-refractivity contribution in [1.82, 2.24) is 4.98 Å². The Hall–Kier alpha value is -2.60. The summed E-state index contributed by atoms with van der Waals surface area (Å²) in [4.78, 5) is 14.9. The molecule has 1 aromatic heterocycles. The number of pyridine rings is 1. The van der Waals surface area contributed by atoms with Crippen LogP contribution in [0.25, 0.3) is 0 Å². The van der Waals surface area contributed by atoms with Gasteiger partial charge in [0.25, 0.3) is 0 Å². The summed E-state index contributed by atoms with van der Waals surface area (Å²) in [7, 11) is 0. The Morgan fingerprint density at radius 3 is 2.76 bits per heavy atom. The number of benzene rings is 1. The fraction of sp³-hybridized carbons (Fsp3) is 0.200. The molecule has 6 heteroatoms. The van der Waals surface area contributed by atoms with Crippen LogP contribution in [0.1, 0.15) is 10.4 Å². The van der Waals surface area contributed by atoms with Gasteiger partial charge in [0, 0.05) is 12.7 Å². The molecular formula is C15H16N2O4. The van der Waals surface area contributed by atoms with Crippen molar-refractivity contribution in [2.45, 2.75) is 6.10 Å². The van der Waals surface area contributed by atoms with Gasteiger partial charge in [-0.25, -0.2) is 4.79 Å². The quantitative estimate of drug-likeness (QED) is 0.717. The molecule has 0 aliphatic heterocycles. The molecular weight excluding hydrogens is 272 g/mol. The Balaban J connectivity index is 1.84. The number of carboxylic acid groups (broad SMARTS) is 1. The number of carbonyl (C=O) groups is 1. The monoisotopic (exact) mass is 288 g/mol. The van der Waals surface area contributed by atoms with E-state index < -0.39 is 12.1 Å². The van der Waals surface area contributed by atoms with Gasteiger partial charge in [0.05, 0.1) is 17.4 Å². The van der Waals surface area contributed by atoms with E-state index in [0.29, 0.717) is 11.4 Å². The number of aliphatic hydroxyl groups excluding tert-OH is 1. The third kappa shape index (κ3) is 4.47. The molecule has 0 saturated heterocycles. The van der Waals surface area contributed by atoms with Gasteiger partial charge in [-0.3, -0.25) is 4.98 Å². The zero-order valence-corrected chi connectivity index (χ0v) is 11.3. The Labute approximate surface area is 122 Å². The van der Waals surface area contributed by atoms with E-state index in [4.69, 9.17) is 9.84 Å². The largest absolute Gasteiger partial charge is 0.491 e. The average Bonchev–Trinajstić information content (AvgIpc) is 2.52. The number of anilines is 1. The second-order valence-electron chi connectivity index (χ2n) is 4.39. The van der Waals surface area contributed by atoms with E-state index in [9.17, 15) is 9.90 Å². The number of nitrogens with one attached hydrogen (secondary N) is 1. The van der Waals surface area contributed by atoms with Crippen LogP contribution in [-0.4, -0.2) is 40.4 Å². The number of carboxylic acids is 1. The van der Waals surface area contributed by atoms with E-state index in [-0.39, 0.29) is 18.7 Å². The van der Waals surface area contributed by atoms with E-state index in [0.717, 1.165) is 0 Å². The van der Waals surface area contributed by atoms with Gasteiger partial charge in [0.15, 0.2) is 0 Å². The molecule has 0 aliphatic carbocycles. The van der Waals surface area contributed by atoms with Crippen LogP contribution < -0.4 is 10.1 Å². The van der Waals surface area contributed by atoms with E-state index in [1.54, 1.807) is 12.1 Å². The molecule has 2 rings (SSSR count). The molecule has 110 valence electrons. The number of aromatic nitrogens is 1. The van der Waals surface area contributed by atoms with Gasteiger partial charge < -0.3 is 20.3 Å². The normalized spacial score (nSPS) is 11.7. The topological polar surface area (TPSA) is 91.7 Å². The van der Waals surface area contributed by atoms with Gasteiger partial charge in [-0.05, 0) is 18.2 Å². The Morgan fingerprint density at radius 1 is 1.29 bits per heavy atom. The van der Waals surface area contributed by atoms with Gasteiger partial charge in [-0.2, -0.15) is 0 Å². The molecule has 21 heavy (non-hydrogen) atoms. The van der Waals surface area contributed by atoms with E-state index in [1.165, 1.54) is 18.5 Å². The molecule has 2 aromatic rings. The number of hydrogen-bond acceptors (Lipinski definition) is 5. The number of hydrogen-bond donors (Lipinski definition) is 3. The molecule has 0 radical (unpaired) electrons. The molecule has 1 unspecified atom stereocenters. The molecule has 0 fully saturated rings. The first kappa shape index (κ1) is 14.8. The molecule has 0 aliphatic rings. The summed E-state index contributed by atoms with van der Waals surface area (Å²) in [5, 5.41) is 21.7. The Morgan fingerprint density at radius 2 is 2.05 bits per heavy atom. The molecule has 6 nitrogen and oxygen atoms in total. The van der Waals surface area contributed by atoms with Gasteiger partial charge >= 0.3 is 5.97 Å². The third-order valence-corrected chi connectivity index (χ3v) is 2.77. The van der Waals surface area contributed by atoms with Gasteiger partial charge in [-0.15, -0.1) is 0 Å². The van der Waals surface area contributed by atoms with Gasteiger partial charge in [0.1, 0.15) is 18.5 Å². The first-order chi connectivity index (χ1) is 10.2. The van der Waals surface area contributed by atoms with Crippen LogP contribution in [0.2, 0.25) is 0 Å². The van der Waals surface area contributed by atoms with Crippen LogP contribution in [0.4, 0.5) is 5.69 Å². The summed E-state index contributed by atoms with van der Waals surface area (Å²) < 4.78 is 5.41. The highest BCUT2D eigenvalue weighted by Crippen LogP contribution is 2.13. The van der Waals surface area contributed by atoms with Crippen LogP contribution >= 0.6 is 0 Å². The number of aromatic carboxylic acids is 1. The average molecular weight is 288 g/mol. The van der Waals surface area contributed by atoms with Crippen molar-refractivity contribution < 1.29 is 19.7 Å². The van der Waals surface area contributed by atoms with Crippen molar-refractivity contribution in [3.8, 4) is 5.75 Å². The maximum atomic E-state index is 11.0. The molecule has 0 spiro atoms. The zero-order chi connectivity index (χ0) is 15.1. The standard InChI is InChI=1S/C15H16N2O4/c18-11(10-21-12-4-2-1-3-5-12)8-17-14-9-16-7-6-13(14)15(19)20/h1-7,9,11,17-18H,8,10H2,(H,19,20). The van der Waals surface area contributed by atoms with Crippen LogP contribution in [0.3, 0.4) is 0 Å².